The highest BCUT2D eigenvalue weighted by molar-refractivity contribution is 7.19. The topological polar surface area (TPSA) is 65.5 Å². The molecule has 5 heterocycles. The minimum Gasteiger partial charge on any atom is -0.384 e. The molecule has 0 radical (unpaired) electrons. The molecule has 2 aromatic heterocycles. The van der Waals surface area contributed by atoms with Crippen molar-refractivity contribution in [3.8, 4) is 11.8 Å². The molecule has 5 nitrogen and oxygen atoms in total. The van der Waals surface area contributed by atoms with Crippen molar-refractivity contribution < 1.29 is 9.90 Å². The standard InChI is InChI=1S/C19H21N3O2S/c1-12-18(13-4-6-22(12)7-5-13)21-19(24)16-10-17-14(11-20-16)9-15(25-17)3-2-8-23/h9-13,18,23H,4-8H2,1H3,(H,21,24). The predicted octanol–water partition coefficient (Wildman–Crippen LogP) is 1.85. The molecule has 3 fully saturated rings. The van der Waals surface area contributed by atoms with Crippen LogP contribution in [0.25, 0.3) is 10.1 Å². The van der Waals surface area contributed by atoms with Crippen molar-refractivity contribution in [1.29, 1.82) is 0 Å². The minimum atomic E-state index is -0.155. The molecule has 130 valence electrons. The zero-order valence-corrected chi connectivity index (χ0v) is 15.0. The number of thiophene rings is 1. The summed E-state index contributed by atoms with van der Waals surface area (Å²) in [6, 6.07) is 4.38. The van der Waals surface area contributed by atoms with E-state index in [0.29, 0.717) is 17.7 Å². The number of fused-ring (bicyclic) bond motifs is 4. The number of piperidine rings is 3. The summed E-state index contributed by atoms with van der Waals surface area (Å²) in [6.07, 6.45) is 4.06. The number of amides is 1. The van der Waals surface area contributed by atoms with Gasteiger partial charge in [-0.1, -0.05) is 11.8 Å². The summed E-state index contributed by atoms with van der Waals surface area (Å²) in [6.45, 7) is 4.35. The lowest BCUT2D eigenvalue weighted by Gasteiger charge is -2.49. The predicted molar refractivity (Wildman–Crippen MR) is 98.6 cm³/mol. The molecule has 5 rings (SSSR count). The lowest BCUT2D eigenvalue weighted by Crippen LogP contribution is -2.62. The number of aromatic nitrogens is 1. The number of carbonyl (C=O) groups is 1. The fraction of sp³-hybridized carbons (Fsp3) is 0.474. The number of carbonyl (C=O) groups excluding carboxylic acids is 1. The Morgan fingerprint density at radius 2 is 2.24 bits per heavy atom. The van der Waals surface area contributed by atoms with Crippen molar-refractivity contribution in [1.82, 2.24) is 15.2 Å². The zero-order chi connectivity index (χ0) is 17.4. The van der Waals surface area contributed by atoms with Crippen LogP contribution in [-0.4, -0.2) is 52.7 Å². The van der Waals surface area contributed by atoms with Crippen LogP contribution in [0.1, 0.15) is 35.1 Å². The van der Waals surface area contributed by atoms with E-state index in [1.54, 1.807) is 6.20 Å². The summed E-state index contributed by atoms with van der Waals surface area (Å²) in [5, 5.41) is 13.0. The molecule has 3 saturated heterocycles. The van der Waals surface area contributed by atoms with Crippen LogP contribution in [0.3, 0.4) is 0 Å². The molecule has 2 bridgehead atoms. The fourth-order valence-corrected chi connectivity index (χ4v) is 4.96. The first-order valence-corrected chi connectivity index (χ1v) is 9.51. The first kappa shape index (κ1) is 16.5. The van der Waals surface area contributed by atoms with Gasteiger partial charge in [-0.05, 0) is 50.9 Å². The Labute approximate surface area is 151 Å². The molecule has 2 N–H and O–H groups in total. The van der Waals surface area contributed by atoms with E-state index in [9.17, 15) is 4.79 Å². The monoisotopic (exact) mass is 355 g/mol. The summed E-state index contributed by atoms with van der Waals surface area (Å²) in [4.78, 5) is 20.4. The number of hydrogen-bond acceptors (Lipinski definition) is 5. The smallest absolute Gasteiger partial charge is 0.270 e. The second-order valence-corrected chi connectivity index (χ2v) is 7.87. The number of nitrogens with one attached hydrogen (secondary N) is 1. The summed E-state index contributed by atoms with van der Waals surface area (Å²) in [5.74, 6) is 6.04. The van der Waals surface area contributed by atoms with Gasteiger partial charge in [0.25, 0.3) is 5.91 Å². The van der Waals surface area contributed by atoms with Crippen molar-refractivity contribution in [3.05, 3.63) is 28.9 Å². The van der Waals surface area contributed by atoms with Gasteiger partial charge in [-0.15, -0.1) is 11.3 Å². The van der Waals surface area contributed by atoms with E-state index in [1.165, 1.54) is 24.2 Å². The molecule has 0 saturated carbocycles. The molecular formula is C19H21N3O2S. The van der Waals surface area contributed by atoms with E-state index in [1.807, 2.05) is 12.1 Å². The molecule has 2 atom stereocenters. The van der Waals surface area contributed by atoms with Crippen molar-refractivity contribution in [2.24, 2.45) is 5.92 Å². The van der Waals surface area contributed by atoms with E-state index >= 15 is 0 Å². The summed E-state index contributed by atoms with van der Waals surface area (Å²) < 4.78 is 0.990. The summed E-state index contributed by atoms with van der Waals surface area (Å²) in [5.41, 5.74) is 0.458. The highest BCUT2D eigenvalue weighted by Gasteiger charge is 2.40. The first-order chi connectivity index (χ1) is 12.2. The maximum atomic E-state index is 12.7. The van der Waals surface area contributed by atoms with Crippen molar-refractivity contribution in [3.63, 3.8) is 0 Å². The zero-order valence-electron chi connectivity index (χ0n) is 14.2. The molecule has 0 aliphatic carbocycles. The van der Waals surface area contributed by atoms with Gasteiger partial charge in [0.1, 0.15) is 12.3 Å². The Balaban J connectivity index is 1.53. The fourth-order valence-electron chi connectivity index (χ4n) is 4.02. The quantitative estimate of drug-likeness (QED) is 0.807. The molecule has 2 aromatic rings. The van der Waals surface area contributed by atoms with Gasteiger partial charge in [-0.25, -0.2) is 0 Å². The number of pyridine rings is 1. The molecule has 3 aliphatic rings. The number of nitrogens with zero attached hydrogens (tertiary/aromatic N) is 2. The van der Waals surface area contributed by atoms with Crippen LogP contribution in [0.4, 0.5) is 0 Å². The molecule has 25 heavy (non-hydrogen) atoms. The number of hydrogen-bond donors (Lipinski definition) is 2. The van der Waals surface area contributed by atoms with Gasteiger partial charge in [0.05, 0.1) is 4.88 Å². The first-order valence-electron chi connectivity index (χ1n) is 8.70. The van der Waals surface area contributed by atoms with Crippen LogP contribution in [0.2, 0.25) is 0 Å². The molecule has 2 unspecified atom stereocenters. The summed E-state index contributed by atoms with van der Waals surface area (Å²) in [7, 11) is 0. The van der Waals surface area contributed by atoms with E-state index in [0.717, 1.165) is 28.1 Å². The molecule has 3 aliphatic heterocycles. The summed E-state index contributed by atoms with van der Waals surface area (Å²) >= 11 is 1.51. The average Bonchev–Trinajstić information content (AvgIpc) is 3.05. The third-order valence-electron chi connectivity index (χ3n) is 5.40. The maximum Gasteiger partial charge on any atom is 0.270 e. The molecule has 6 heteroatoms. The van der Waals surface area contributed by atoms with Crippen molar-refractivity contribution >= 4 is 27.3 Å². The van der Waals surface area contributed by atoms with Gasteiger partial charge in [-0.3, -0.25) is 14.7 Å². The van der Waals surface area contributed by atoms with Crippen molar-refractivity contribution in [2.45, 2.75) is 31.8 Å². The van der Waals surface area contributed by atoms with E-state index in [4.69, 9.17) is 5.11 Å². The van der Waals surface area contributed by atoms with Gasteiger partial charge in [0.15, 0.2) is 0 Å². The van der Waals surface area contributed by atoms with Gasteiger partial charge < -0.3 is 10.4 Å². The Morgan fingerprint density at radius 1 is 1.44 bits per heavy atom. The average molecular weight is 355 g/mol. The SMILES string of the molecule is CC1C(NC(=O)c2cc3sc(C#CCO)cc3cn2)C2CCN1CC2. The molecule has 1 amide bonds. The normalized spacial score (nSPS) is 27.8. The highest BCUT2D eigenvalue weighted by Crippen LogP contribution is 2.32. The molecular weight excluding hydrogens is 334 g/mol. The largest absolute Gasteiger partial charge is 0.384 e. The van der Waals surface area contributed by atoms with Crippen molar-refractivity contribution in [2.75, 3.05) is 19.7 Å². The van der Waals surface area contributed by atoms with Gasteiger partial charge in [-0.2, -0.15) is 0 Å². The van der Waals surface area contributed by atoms with Crippen LogP contribution in [0, 0.1) is 17.8 Å². The Hall–Kier alpha value is -1.94. The highest BCUT2D eigenvalue weighted by atomic mass is 32.1. The number of aliphatic hydroxyl groups is 1. The number of rotatable bonds is 2. The Morgan fingerprint density at radius 3 is 2.96 bits per heavy atom. The van der Waals surface area contributed by atoms with Gasteiger partial charge >= 0.3 is 0 Å². The lowest BCUT2D eigenvalue weighted by atomic mass is 9.79. The molecule has 0 spiro atoms. The van der Waals surface area contributed by atoms with Crippen LogP contribution in [-0.2, 0) is 0 Å². The second kappa shape index (κ2) is 6.75. The third kappa shape index (κ3) is 3.15. The van der Waals surface area contributed by atoms with E-state index < -0.39 is 0 Å². The Kier molecular flexibility index (Phi) is 4.46. The second-order valence-electron chi connectivity index (χ2n) is 6.79. The van der Waals surface area contributed by atoms with Gasteiger partial charge in [0.2, 0.25) is 0 Å². The van der Waals surface area contributed by atoms with Crippen LogP contribution in [0.15, 0.2) is 18.3 Å². The van der Waals surface area contributed by atoms with Crippen LogP contribution in [0.5, 0.6) is 0 Å². The van der Waals surface area contributed by atoms with Crippen LogP contribution < -0.4 is 5.32 Å². The van der Waals surface area contributed by atoms with Gasteiger partial charge in [0, 0.05) is 28.4 Å². The minimum absolute atomic E-state index is 0.0936. The number of aliphatic hydroxyl groups excluding tert-OH is 1. The van der Waals surface area contributed by atoms with E-state index in [-0.39, 0.29) is 18.6 Å². The lowest BCUT2D eigenvalue weighted by molar-refractivity contribution is 0.0216. The van der Waals surface area contributed by atoms with E-state index in [2.05, 4.69) is 34.0 Å². The van der Waals surface area contributed by atoms with Crippen LogP contribution >= 0.6 is 11.3 Å². The maximum absolute atomic E-state index is 12.7. The Bertz CT molecular complexity index is 856. The molecule has 0 aromatic carbocycles. The third-order valence-corrected chi connectivity index (χ3v) is 6.41.